The van der Waals surface area contributed by atoms with E-state index in [1.807, 2.05) is 54.6 Å². The fraction of sp³-hybridized carbons (Fsp3) is 0.172. The molecule has 2 unspecified atom stereocenters. The predicted octanol–water partition coefficient (Wildman–Crippen LogP) is 5.68. The van der Waals surface area contributed by atoms with E-state index in [1.165, 1.54) is 16.3 Å². The second kappa shape index (κ2) is 9.79. The topological polar surface area (TPSA) is 59.9 Å². The molecule has 1 saturated carbocycles. The smallest absolute Gasteiger partial charge is 0.243 e. The van der Waals surface area contributed by atoms with Crippen molar-refractivity contribution in [1.29, 1.82) is 0 Å². The Balaban J connectivity index is 1.20. The highest BCUT2D eigenvalue weighted by Gasteiger charge is 2.43. The summed E-state index contributed by atoms with van der Waals surface area (Å²) in [6.07, 6.45) is 2.48. The van der Waals surface area contributed by atoms with Crippen LogP contribution in [0.1, 0.15) is 29.0 Å². The minimum absolute atomic E-state index is 0.0149. The van der Waals surface area contributed by atoms with Gasteiger partial charge in [0.05, 0.1) is 13.3 Å². The van der Waals surface area contributed by atoms with Gasteiger partial charge < -0.3 is 9.47 Å². The lowest BCUT2D eigenvalue weighted by Gasteiger charge is -2.12. The van der Waals surface area contributed by atoms with E-state index in [2.05, 4.69) is 46.9 Å². The number of methoxy groups -OCH3 is 1. The fourth-order valence-electron chi connectivity index (χ4n) is 4.26. The monoisotopic (exact) mass is 450 g/mol. The van der Waals surface area contributed by atoms with Crippen molar-refractivity contribution in [3.05, 3.63) is 108 Å². The summed E-state index contributed by atoms with van der Waals surface area (Å²) in [5, 5.41) is 6.50. The van der Waals surface area contributed by atoms with Gasteiger partial charge in [0.15, 0.2) is 11.5 Å². The second-order valence-corrected chi connectivity index (χ2v) is 8.43. The van der Waals surface area contributed by atoms with Crippen LogP contribution in [0, 0.1) is 5.92 Å². The minimum atomic E-state index is -0.0490. The fourth-order valence-corrected chi connectivity index (χ4v) is 4.26. The van der Waals surface area contributed by atoms with Crippen molar-refractivity contribution in [1.82, 2.24) is 5.43 Å². The molecule has 0 aromatic heterocycles. The first kappa shape index (κ1) is 21.7. The summed E-state index contributed by atoms with van der Waals surface area (Å²) in [6, 6.07) is 30.2. The number of carbonyl (C=O) groups excluding carboxylic acids is 1. The van der Waals surface area contributed by atoms with Crippen LogP contribution in [-0.2, 0) is 11.4 Å². The van der Waals surface area contributed by atoms with Gasteiger partial charge in [-0.05, 0) is 58.0 Å². The van der Waals surface area contributed by atoms with Crippen LogP contribution in [0.5, 0.6) is 11.5 Å². The zero-order valence-corrected chi connectivity index (χ0v) is 19.0. The molecule has 0 spiro atoms. The summed E-state index contributed by atoms with van der Waals surface area (Å²) in [5.41, 5.74) is 5.79. The molecule has 1 N–H and O–H groups in total. The number of fused-ring (bicyclic) bond motifs is 1. The quantitative estimate of drug-likeness (QED) is 0.277. The highest BCUT2D eigenvalue weighted by molar-refractivity contribution is 5.86. The number of benzene rings is 4. The molecule has 0 aliphatic heterocycles. The molecule has 4 aromatic rings. The molecule has 1 fully saturated rings. The zero-order chi connectivity index (χ0) is 23.3. The number of amides is 1. The van der Waals surface area contributed by atoms with Crippen LogP contribution in [0.2, 0.25) is 0 Å². The maximum absolute atomic E-state index is 12.4. The first-order chi connectivity index (χ1) is 16.7. The number of nitrogens with zero attached hydrogens (tertiary/aromatic N) is 1. The first-order valence-corrected chi connectivity index (χ1v) is 11.4. The Morgan fingerprint density at radius 3 is 2.62 bits per heavy atom. The molecule has 1 aliphatic carbocycles. The summed E-state index contributed by atoms with van der Waals surface area (Å²) in [5.74, 6) is 1.49. The highest BCUT2D eigenvalue weighted by atomic mass is 16.5. The lowest BCUT2D eigenvalue weighted by atomic mass is 10.1. The molecular formula is C29H26N2O3. The van der Waals surface area contributed by atoms with Gasteiger partial charge in [-0.15, -0.1) is 0 Å². The number of hydrogen-bond donors (Lipinski definition) is 1. The van der Waals surface area contributed by atoms with Gasteiger partial charge in [0.1, 0.15) is 6.61 Å². The van der Waals surface area contributed by atoms with Crippen LogP contribution in [-0.4, -0.2) is 19.2 Å². The standard InChI is InChI=1S/C29H26N2O3/c1-33-28-16-20(18-30-31-29(32)26-17-25(26)22-8-3-2-4-9-22)14-15-27(28)34-19-23-12-7-11-21-10-5-6-13-24(21)23/h2-16,18,25-26H,17,19H2,1H3,(H,31,32). The summed E-state index contributed by atoms with van der Waals surface area (Å²) < 4.78 is 11.6. The zero-order valence-electron chi connectivity index (χ0n) is 19.0. The molecular weight excluding hydrogens is 424 g/mol. The molecule has 2 atom stereocenters. The predicted molar refractivity (Wildman–Crippen MR) is 134 cm³/mol. The van der Waals surface area contributed by atoms with Gasteiger partial charge in [-0.25, -0.2) is 5.43 Å². The van der Waals surface area contributed by atoms with Crippen molar-refractivity contribution in [3.63, 3.8) is 0 Å². The highest BCUT2D eigenvalue weighted by Crippen LogP contribution is 2.47. The number of carbonyl (C=O) groups is 1. The van der Waals surface area contributed by atoms with Gasteiger partial charge in [0.25, 0.3) is 0 Å². The van der Waals surface area contributed by atoms with Crippen LogP contribution in [0.15, 0.2) is 96.1 Å². The Hall–Kier alpha value is -4.12. The molecule has 1 amide bonds. The van der Waals surface area contributed by atoms with E-state index in [0.29, 0.717) is 18.1 Å². The van der Waals surface area contributed by atoms with E-state index in [-0.39, 0.29) is 17.7 Å². The SMILES string of the molecule is COc1cc(C=NNC(=O)C2CC2c2ccccc2)ccc1OCc1cccc2ccccc12. The molecule has 5 nitrogen and oxygen atoms in total. The third kappa shape index (κ3) is 4.79. The molecule has 0 radical (unpaired) electrons. The van der Waals surface area contributed by atoms with Gasteiger partial charge in [-0.2, -0.15) is 5.10 Å². The number of ether oxygens (including phenoxy) is 2. The van der Waals surface area contributed by atoms with E-state index in [0.717, 1.165) is 17.5 Å². The maximum atomic E-state index is 12.4. The van der Waals surface area contributed by atoms with Gasteiger partial charge in [0.2, 0.25) is 5.91 Å². The Morgan fingerprint density at radius 1 is 0.971 bits per heavy atom. The Kier molecular flexibility index (Phi) is 6.25. The number of rotatable bonds is 8. The first-order valence-electron chi connectivity index (χ1n) is 11.4. The van der Waals surface area contributed by atoms with Crippen LogP contribution >= 0.6 is 0 Å². The molecule has 0 heterocycles. The molecule has 5 heteroatoms. The van der Waals surface area contributed by atoms with Gasteiger partial charge in [-0.3, -0.25) is 4.79 Å². The van der Waals surface area contributed by atoms with Crippen molar-refractivity contribution < 1.29 is 14.3 Å². The molecule has 4 aromatic carbocycles. The minimum Gasteiger partial charge on any atom is -0.493 e. The van der Waals surface area contributed by atoms with Crippen molar-refractivity contribution in [2.24, 2.45) is 11.0 Å². The van der Waals surface area contributed by atoms with E-state index in [1.54, 1.807) is 13.3 Å². The Morgan fingerprint density at radius 2 is 1.76 bits per heavy atom. The van der Waals surface area contributed by atoms with Gasteiger partial charge >= 0.3 is 0 Å². The van der Waals surface area contributed by atoms with Crippen LogP contribution in [0.4, 0.5) is 0 Å². The number of hydrazone groups is 1. The average molecular weight is 451 g/mol. The van der Waals surface area contributed by atoms with E-state index < -0.39 is 0 Å². The van der Waals surface area contributed by atoms with Crippen molar-refractivity contribution in [2.75, 3.05) is 7.11 Å². The summed E-state index contributed by atoms with van der Waals surface area (Å²) in [6.45, 7) is 0.436. The third-order valence-electron chi connectivity index (χ3n) is 6.19. The van der Waals surface area contributed by atoms with Crippen LogP contribution < -0.4 is 14.9 Å². The summed E-state index contributed by atoms with van der Waals surface area (Å²) in [4.78, 5) is 12.4. The largest absolute Gasteiger partial charge is 0.493 e. The van der Waals surface area contributed by atoms with Crippen molar-refractivity contribution in [2.45, 2.75) is 18.9 Å². The normalized spacial score (nSPS) is 17.0. The Labute approximate surface area is 199 Å². The molecule has 1 aliphatic rings. The van der Waals surface area contributed by atoms with Gasteiger partial charge in [0, 0.05) is 5.92 Å². The van der Waals surface area contributed by atoms with E-state index in [4.69, 9.17) is 9.47 Å². The lowest BCUT2D eigenvalue weighted by Crippen LogP contribution is -2.20. The summed E-state index contributed by atoms with van der Waals surface area (Å²) >= 11 is 0. The second-order valence-electron chi connectivity index (χ2n) is 8.43. The molecule has 0 saturated heterocycles. The van der Waals surface area contributed by atoms with Crippen molar-refractivity contribution in [3.8, 4) is 11.5 Å². The van der Waals surface area contributed by atoms with Crippen LogP contribution in [0.3, 0.4) is 0 Å². The molecule has 170 valence electrons. The third-order valence-corrected chi connectivity index (χ3v) is 6.19. The molecule has 34 heavy (non-hydrogen) atoms. The van der Waals surface area contributed by atoms with Gasteiger partial charge in [-0.1, -0.05) is 72.8 Å². The van der Waals surface area contributed by atoms with E-state index in [9.17, 15) is 4.79 Å². The summed E-state index contributed by atoms with van der Waals surface area (Å²) in [7, 11) is 1.61. The Bertz CT molecular complexity index is 1330. The van der Waals surface area contributed by atoms with Crippen molar-refractivity contribution >= 4 is 22.9 Å². The van der Waals surface area contributed by atoms with E-state index >= 15 is 0 Å². The lowest BCUT2D eigenvalue weighted by molar-refractivity contribution is -0.122. The average Bonchev–Trinajstić information content (AvgIpc) is 3.69. The number of nitrogens with one attached hydrogen (secondary N) is 1. The maximum Gasteiger partial charge on any atom is 0.243 e. The number of hydrogen-bond acceptors (Lipinski definition) is 4. The molecule has 0 bridgehead atoms. The molecule has 5 rings (SSSR count). The van der Waals surface area contributed by atoms with Crippen LogP contribution in [0.25, 0.3) is 10.8 Å².